The van der Waals surface area contributed by atoms with Gasteiger partial charge in [0.2, 0.25) is 6.41 Å². The van der Waals surface area contributed by atoms with Gasteiger partial charge < -0.3 is 4.84 Å². The Bertz CT molecular complexity index is 1170. The number of unbranched alkanes of at least 4 members (excludes halogenated alkanes) is 1. The minimum absolute atomic E-state index is 0.0421. The van der Waals surface area contributed by atoms with Crippen LogP contribution in [0.25, 0.3) is 0 Å². The van der Waals surface area contributed by atoms with Crippen LogP contribution in [0.1, 0.15) is 44.6 Å². The number of nitrogens with zero attached hydrogens (tertiary/aromatic N) is 3. The number of amidine groups is 1. The fraction of sp³-hybridized carbons (Fsp3) is 0.300. The summed E-state index contributed by atoms with van der Waals surface area (Å²) in [5, 5.41) is 2.42. The topological polar surface area (TPSA) is 100 Å². The Kier molecular flexibility index (Phi) is 13.7. The number of nitroso groups, excluding NO2 is 1. The summed E-state index contributed by atoms with van der Waals surface area (Å²) in [5.74, 6) is 0.226. The fourth-order valence-corrected chi connectivity index (χ4v) is 3.78. The van der Waals surface area contributed by atoms with Crippen LogP contribution in [0.15, 0.2) is 107 Å². The van der Waals surface area contributed by atoms with Gasteiger partial charge in [-0.05, 0) is 60.8 Å². The molecule has 0 aliphatic carbocycles. The molecule has 206 valence electrons. The highest BCUT2D eigenvalue weighted by Gasteiger charge is 2.20. The largest absolute Gasteiger partial charge is 0.412 e. The third-order valence-electron chi connectivity index (χ3n) is 5.77. The first-order chi connectivity index (χ1) is 18.9. The van der Waals surface area contributed by atoms with Crippen LogP contribution in [0.3, 0.4) is 0 Å². The summed E-state index contributed by atoms with van der Waals surface area (Å²) in [6.07, 6.45) is 16.1. The summed E-state index contributed by atoms with van der Waals surface area (Å²) in [6.45, 7) is 9.76. The highest BCUT2D eigenvalue weighted by atomic mass is 19.1. The van der Waals surface area contributed by atoms with Gasteiger partial charge in [-0.1, -0.05) is 56.5 Å². The normalized spacial score (nSPS) is 16.0. The molecule has 1 aliphatic rings. The molecule has 39 heavy (non-hydrogen) atoms. The van der Waals surface area contributed by atoms with Gasteiger partial charge in [-0.25, -0.2) is 4.39 Å². The highest BCUT2D eigenvalue weighted by molar-refractivity contribution is 5.93. The number of benzene rings is 1. The van der Waals surface area contributed by atoms with Crippen molar-refractivity contribution in [2.75, 3.05) is 6.54 Å². The van der Waals surface area contributed by atoms with Crippen LogP contribution in [0.5, 0.6) is 0 Å². The molecule has 8 nitrogen and oxygen atoms in total. The van der Waals surface area contributed by atoms with E-state index >= 15 is 0 Å². The molecule has 2 amide bonds. The molecule has 0 bridgehead atoms. The van der Waals surface area contributed by atoms with Crippen molar-refractivity contribution in [1.82, 2.24) is 10.4 Å². The van der Waals surface area contributed by atoms with E-state index in [4.69, 9.17) is 4.84 Å². The van der Waals surface area contributed by atoms with E-state index in [9.17, 15) is 18.9 Å². The number of aliphatic imine (C=N–C) groups is 1. The SMILES string of the molecule is C=C/C=C(\C=C)N(C=O)/C(CCCCC(=O)N=O)=N\C/C=C(\C=C/CC)C1C=C(Cc2ccc(F)cc2)ON1. The average Bonchev–Trinajstić information content (AvgIpc) is 3.41. The first-order valence-corrected chi connectivity index (χ1v) is 12.8. The number of hydrogen-bond acceptors (Lipinski definition) is 6. The van der Waals surface area contributed by atoms with E-state index in [-0.39, 0.29) is 24.8 Å². The molecule has 0 fully saturated rings. The van der Waals surface area contributed by atoms with E-state index in [1.54, 1.807) is 24.3 Å². The maximum Gasteiger partial charge on any atom is 0.286 e. The molecule has 2 rings (SSSR count). The zero-order chi connectivity index (χ0) is 28.5. The Morgan fingerprint density at radius 3 is 2.59 bits per heavy atom. The molecule has 0 aromatic heterocycles. The van der Waals surface area contributed by atoms with Crippen LogP contribution in [0.2, 0.25) is 0 Å². The van der Waals surface area contributed by atoms with Gasteiger partial charge in [-0.3, -0.25) is 19.5 Å². The summed E-state index contributed by atoms with van der Waals surface area (Å²) < 4.78 is 13.2. The molecular formula is C30H35FN4O4. The first kappa shape index (κ1) is 31.0. The number of hydroxylamine groups is 1. The van der Waals surface area contributed by atoms with Gasteiger partial charge in [0.05, 0.1) is 12.6 Å². The molecule has 1 aliphatic heterocycles. The molecule has 0 saturated carbocycles. The van der Waals surface area contributed by atoms with Gasteiger partial charge in [-0.15, -0.1) is 10.4 Å². The molecule has 1 unspecified atom stereocenters. The Labute approximate surface area is 229 Å². The Balaban J connectivity index is 2.25. The highest BCUT2D eigenvalue weighted by Crippen LogP contribution is 2.20. The minimum atomic E-state index is -0.701. The van der Waals surface area contributed by atoms with Crippen molar-refractivity contribution in [3.63, 3.8) is 0 Å². The fourth-order valence-electron chi connectivity index (χ4n) is 3.78. The van der Waals surface area contributed by atoms with Crippen molar-refractivity contribution >= 4 is 18.2 Å². The van der Waals surface area contributed by atoms with Crippen LogP contribution in [-0.2, 0) is 20.8 Å². The van der Waals surface area contributed by atoms with E-state index in [2.05, 4.69) is 28.8 Å². The lowest BCUT2D eigenvalue weighted by molar-refractivity contribution is -0.118. The molecule has 1 aromatic carbocycles. The molecule has 0 saturated heterocycles. The Hall–Kier alpha value is -4.24. The maximum atomic E-state index is 13.2. The first-order valence-electron chi connectivity index (χ1n) is 12.8. The second kappa shape index (κ2) is 17.3. The lowest BCUT2D eigenvalue weighted by Crippen LogP contribution is -2.29. The standard InChI is InChI=1S/C30H35FN4O4/c1-4-7-11-24(28-21-27(39-34-28)20-23-14-16-25(31)17-15-23)18-19-32-29(12-8-9-13-30(37)33-38)35(22-36)26(6-3)10-5-2/h5-7,10-11,14-18,21-22,28,34H,2-4,8-9,12-13,19-20H2,1H3/b11-7-,24-18+,26-10+,32-29-. The molecule has 1 aromatic rings. The number of carbonyl (C=O) groups excluding carboxylic acids is 2. The number of amides is 2. The van der Waals surface area contributed by atoms with E-state index in [1.807, 2.05) is 31.2 Å². The number of allylic oxidation sites excluding steroid dienone is 5. The number of halogens is 1. The summed E-state index contributed by atoms with van der Waals surface area (Å²) in [4.78, 5) is 45.3. The second-order valence-electron chi connectivity index (χ2n) is 8.60. The summed E-state index contributed by atoms with van der Waals surface area (Å²) in [7, 11) is 0. The van der Waals surface area contributed by atoms with Gasteiger partial charge in [-0.2, -0.15) is 0 Å². The zero-order valence-corrected chi connectivity index (χ0v) is 22.2. The predicted octanol–water partition coefficient (Wildman–Crippen LogP) is 6.01. The number of carbonyl (C=O) groups is 2. The average molecular weight is 535 g/mol. The summed E-state index contributed by atoms with van der Waals surface area (Å²) in [6, 6.07) is 6.07. The smallest absolute Gasteiger partial charge is 0.286 e. The summed E-state index contributed by atoms with van der Waals surface area (Å²) in [5.41, 5.74) is 5.39. The van der Waals surface area contributed by atoms with Gasteiger partial charge in [0, 0.05) is 30.1 Å². The Morgan fingerprint density at radius 1 is 1.21 bits per heavy atom. The Morgan fingerprint density at radius 2 is 1.95 bits per heavy atom. The van der Waals surface area contributed by atoms with Crippen LogP contribution in [-0.4, -0.2) is 35.6 Å². The van der Waals surface area contributed by atoms with Crippen molar-refractivity contribution in [3.05, 3.63) is 113 Å². The van der Waals surface area contributed by atoms with Crippen molar-refractivity contribution < 1.29 is 18.8 Å². The molecule has 1 N–H and O–H groups in total. The van der Waals surface area contributed by atoms with E-state index in [0.717, 1.165) is 23.3 Å². The number of hydrogen-bond donors (Lipinski definition) is 1. The van der Waals surface area contributed by atoms with Gasteiger partial charge in [0.1, 0.15) is 17.4 Å². The molecule has 0 radical (unpaired) electrons. The molecule has 1 heterocycles. The molecule has 0 spiro atoms. The van der Waals surface area contributed by atoms with Crippen molar-refractivity contribution in [1.29, 1.82) is 0 Å². The van der Waals surface area contributed by atoms with Crippen LogP contribution in [0.4, 0.5) is 4.39 Å². The van der Waals surface area contributed by atoms with Crippen molar-refractivity contribution in [2.24, 2.45) is 10.2 Å². The van der Waals surface area contributed by atoms with Crippen molar-refractivity contribution in [2.45, 2.75) is 51.5 Å². The van der Waals surface area contributed by atoms with E-state index in [1.165, 1.54) is 23.1 Å². The minimum Gasteiger partial charge on any atom is -0.412 e. The monoisotopic (exact) mass is 534 g/mol. The lowest BCUT2D eigenvalue weighted by Gasteiger charge is -2.20. The van der Waals surface area contributed by atoms with Crippen LogP contribution in [0, 0.1) is 10.7 Å². The van der Waals surface area contributed by atoms with Crippen LogP contribution >= 0.6 is 0 Å². The third-order valence-corrected chi connectivity index (χ3v) is 5.77. The maximum absolute atomic E-state index is 13.2. The lowest BCUT2D eigenvalue weighted by atomic mass is 10.0. The molecular weight excluding hydrogens is 499 g/mol. The zero-order valence-electron chi connectivity index (χ0n) is 22.2. The van der Waals surface area contributed by atoms with Crippen molar-refractivity contribution in [3.8, 4) is 0 Å². The van der Waals surface area contributed by atoms with Gasteiger partial charge in [0.25, 0.3) is 5.91 Å². The second-order valence-corrected chi connectivity index (χ2v) is 8.60. The molecule has 1 atom stereocenters. The number of rotatable bonds is 16. The third kappa shape index (κ3) is 10.6. The van der Waals surface area contributed by atoms with Gasteiger partial charge in [0.15, 0.2) is 0 Å². The number of nitrogens with one attached hydrogen (secondary N) is 1. The predicted molar refractivity (Wildman–Crippen MR) is 152 cm³/mol. The van der Waals surface area contributed by atoms with Crippen LogP contribution < -0.4 is 5.48 Å². The van der Waals surface area contributed by atoms with E-state index < -0.39 is 5.91 Å². The quantitative estimate of drug-likeness (QED) is 0.0699. The van der Waals surface area contributed by atoms with Gasteiger partial charge >= 0.3 is 0 Å². The molecule has 9 heteroatoms. The van der Waals surface area contributed by atoms with E-state index in [0.29, 0.717) is 43.6 Å². The summed E-state index contributed by atoms with van der Waals surface area (Å²) >= 11 is 0.